The lowest BCUT2D eigenvalue weighted by atomic mass is 10.1. The fraction of sp³-hybridized carbons (Fsp3) is 0.417. The first-order chi connectivity index (χ1) is 7.91. The molecule has 0 bridgehead atoms. The SMILES string of the molecule is C[C@@H]1[C@@]2(C(=O)Cl)C[C@@]12S(=O)(=O)c1ccccc1. The Morgan fingerprint density at radius 2 is 1.94 bits per heavy atom. The van der Waals surface area contributed by atoms with E-state index in [1.54, 1.807) is 37.3 Å². The van der Waals surface area contributed by atoms with Crippen molar-refractivity contribution in [3.8, 4) is 0 Å². The van der Waals surface area contributed by atoms with E-state index < -0.39 is 25.2 Å². The summed E-state index contributed by atoms with van der Waals surface area (Å²) in [4.78, 5) is 11.6. The number of hydrogen-bond donors (Lipinski definition) is 0. The van der Waals surface area contributed by atoms with Crippen molar-refractivity contribution in [1.82, 2.24) is 0 Å². The van der Waals surface area contributed by atoms with Gasteiger partial charge in [0.1, 0.15) is 0 Å². The topological polar surface area (TPSA) is 51.2 Å². The van der Waals surface area contributed by atoms with Crippen molar-refractivity contribution in [2.24, 2.45) is 11.3 Å². The van der Waals surface area contributed by atoms with E-state index in [1.807, 2.05) is 0 Å². The Hall–Kier alpha value is -0.870. The Labute approximate surface area is 105 Å². The minimum Gasteiger partial charge on any atom is -0.281 e. The second kappa shape index (κ2) is 2.93. The summed E-state index contributed by atoms with van der Waals surface area (Å²) >= 11 is 5.53. The van der Waals surface area contributed by atoms with E-state index in [0.717, 1.165) is 0 Å². The van der Waals surface area contributed by atoms with E-state index in [1.165, 1.54) is 0 Å². The van der Waals surface area contributed by atoms with Gasteiger partial charge < -0.3 is 0 Å². The molecule has 0 spiro atoms. The van der Waals surface area contributed by atoms with Crippen LogP contribution in [0.2, 0.25) is 0 Å². The summed E-state index contributed by atoms with van der Waals surface area (Å²) in [6.07, 6.45) is 0.376. The maximum absolute atomic E-state index is 12.5. The highest BCUT2D eigenvalue weighted by Crippen LogP contribution is 2.87. The molecule has 0 heterocycles. The van der Waals surface area contributed by atoms with Gasteiger partial charge in [-0.2, -0.15) is 0 Å². The molecule has 5 heteroatoms. The van der Waals surface area contributed by atoms with Crippen LogP contribution in [0.5, 0.6) is 0 Å². The predicted molar refractivity (Wildman–Crippen MR) is 63.4 cm³/mol. The Morgan fingerprint density at radius 3 is 2.35 bits per heavy atom. The molecule has 0 aliphatic heterocycles. The van der Waals surface area contributed by atoms with Gasteiger partial charge in [0.25, 0.3) is 0 Å². The zero-order chi connectivity index (χ0) is 12.5. The molecule has 1 aromatic rings. The summed E-state index contributed by atoms with van der Waals surface area (Å²) in [5.41, 5.74) is -0.802. The smallest absolute Gasteiger partial charge is 0.229 e. The van der Waals surface area contributed by atoms with Crippen LogP contribution in [0.1, 0.15) is 13.3 Å². The molecule has 0 N–H and O–H groups in total. The van der Waals surface area contributed by atoms with Gasteiger partial charge in [-0.1, -0.05) is 25.1 Å². The molecular weight excluding hydrogens is 260 g/mol. The van der Waals surface area contributed by atoms with Crippen molar-refractivity contribution in [2.45, 2.75) is 23.0 Å². The molecule has 0 saturated heterocycles. The van der Waals surface area contributed by atoms with Crippen molar-refractivity contribution >= 4 is 26.7 Å². The van der Waals surface area contributed by atoms with Gasteiger partial charge in [-0.15, -0.1) is 0 Å². The van der Waals surface area contributed by atoms with Crippen LogP contribution < -0.4 is 0 Å². The van der Waals surface area contributed by atoms with Crippen LogP contribution in [0.3, 0.4) is 0 Å². The summed E-state index contributed by atoms with van der Waals surface area (Å²) in [5.74, 6) is -0.162. The molecule has 17 heavy (non-hydrogen) atoms. The molecule has 2 aliphatic rings. The second-order valence-corrected chi connectivity index (χ2v) is 7.40. The molecular formula is C12H11ClO3S. The number of benzene rings is 1. The molecule has 0 amide bonds. The number of fused-ring (bicyclic) bond motifs is 1. The molecule has 2 fully saturated rings. The van der Waals surface area contributed by atoms with Crippen LogP contribution in [0.4, 0.5) is 0 Å². The molecule has 2 aliphatic carbocycles. The lowest BCUT2D eigenvalue weighted by molar-refractivity contribution is -0.114. The quantitative estimate of drug-likeness (QED) is 0.790. The molecule has 2 saturated carbocycles. The molecule has 0 radical (unpaired) electrons. The van der Waals surface area contributed by atoms with Gasteiger partial charge in [-0.3, -0.25) is 4.79 Å². The minimum absolute atomic E-state index is 0.162. The van der Waals surface area contributed by atoms with Gasteiger partial charge in [-0.05, 0) is 36.1 Å². The highest BCUT2D eigenvalue weighted by Gasteiger charge is 2.98. The normalized spacial score (nSPS) is 38.4. The maximum atomic E-state index is 12.5. The third-order valence-electron chi connectivity index (χ3n) is 4.41. The van der Waals surface area contributed by atoms with E-state index >= 15 is 0 Å². The van der Waals surface area contributed by atoms with Crippen LogP contribution >= 0.6 is 11.6 Å². The lowest BCUT2D eigenvalue weighted by Crippen LogP contribution is -2.17. The fourth-order valence-electron chi connectivity index (χ4n) is 3.11. The number of carbonyl (C=O) groups excluding carboxylic acids is 1. The average molecular weight is 271 g/mol. The molecule has 0 unspecified atom stereocenters. The van der Waals surface area contributed by atoms with Crippen molar-refractivity contribution in [1.29, 1.82) is 0 Å². The van der Waals surface area contributed by atoms with Crippen LogP contribution in [0, 0.1) is 11.3 Å². The second-order valence-electron chi connectivity index (χ2n) is 4.85. The summed E-state index contributed by atoms with van der Waals surface area (Å²) in [7, 11) is -3.45. The first-order valence-electron chi connectivity index (χ1n) is 5.41. The monoisotopic (exact) mass is 270 g/mol. The Bertz CT molecular complexity index is 610. The van der Waals surface area contributed by atoms with Crippen molar-refractivity contribution in [2.75, 3.05) is 0 Å². The highest BCUT2D eigenvalue weighted by molar-refractivity contribution is 7.93. The van der Waals surface area contributed by atoms with Crippen LogP contribution in [-0.2, 0) is 14.6 Å². The third kappa shape index (κ3) is 0.998. The van der Waals surface area contributed by atoms with E-state index in [9.17, 15) is 13.2 Å². The van der Waals surface area contributed by atoms with Gasteiger partial charge in [-0.25, -0.2) is 8.42 Å². The Balaban J connectivity index is 2.07. The largest absolute Gasteiger partial charge is 0.281 e. The highest BCUT2D eigenvalue weighted by atomic mass is 35.5. The third-order valence-corrected chi connectivity index (χ3v) is 7.46. The zero-order valence-corrected chi connectivity index (χ0v) is 10.8. The van der Waals surface area contributed by atoms with Crippen LogP contribution in [0.15, 0.2) is 35.2 Å². The molecule has 3 atom stereocenters. The van der Waals surface area contributed by atoms with E-state index in [-0.39, 0.29) is 10.8 Å². The molecule has 3 nitrogen and oxygen atoms in total. The summed E-state index contributed by atoms with van der Waals surface area (Å²) < 4.78 is 24.0. The van der Waals surface area contributed by atoms with Gasteiger partial charge in [0.2, 0.25) is 5.24 Å². The van der Waals surface area contributed by atoms with Crippen molar-refractivity contribution in [3.63, 3.8) is 0 Å². The molecule has 0 aromatic heterocycles. The summed E-state index contributed by atoms with van der Waals surface area (Å²) in [6, 6.07) is 8.26. The Morgan fingerprint density at radius 1 is 1.35 bits per heavy atom. The zero-order valence-electron chi connectivity index (χ0n) is 9.18. The Kier molecular flexibility index (Phi) is 1.93. The number of halogens is 1. The molecule has 3 rings (SSSR count). The number of rotatable bonds is 3. The maximum Gasteiger partial charge on any atom is 0.229 e. The van der Waals surface area contributed by atoms with Gasteiger partial charge in [0.15, 0.2) is 9.84 Å². The number of carbonyl (C=O) groups is 1. The first kappa shape index (κ1) is 11.2. The molecule has 1 aromatic carbocycles. The van der Waals surface area contributed by atoms with Crippen LogP contribution in [-0.4, -0.2) is 18.4 Å². The van der Waals surface area contributed by atoms with Crippen LogP contribution in [0.25, 0.3) is 0 Å². The predicted octanol–water partition coefficient (Wildman–Crippen LogP) is 2.00. The first-order valence-corrected chi connectivity index (χ1v) is 7.27. The van der Waals surface area contributed by atoms with Crippen molar-refractivity contribution < 1.29 is 13.2 Å². The fourth-order valence-corrected chi connectivity index (χ4v) is 6.27. The van der Waals surface area contributed by atoms with Gasteiger partial charge in [0, 0.05) is 0 Å². The molecule has 90 valence electrons. The number of sulfone groups is 1. The standard InChI is InChI=1S/C12H11ClO3S/c1-8-11(10(13)14)7-12(8,11)17(15,16)9-5-3-2-4-6-9/h2-6,8H,7H2,1H3/t8-,11-,12-/m1/s1. The van der Waals surface area contributed by atoms with E-state index in [0.29, 0.717) is 6.42 Å². The van der Waals surface area contributed by atoms with Gasteiger partial charge >= 0.3 is 0 Å². The van der Waals surface area contributed by atoms with Crippen molar-refractivity contribution in [3.05, 3.63) is 30.3 Å². The van der Waals surface area contributed by atoms with Gasteiger partial charge in [0.05, 0.1) is 15.1 Å². The van der Waals surface area contributed by atoms with E-state index in [2.05, 4.69) is 0 Å². The lowest BCUT2D eigenvalue weighted by Gasteiger charge is -2.09. The summed E-state index contributed by atoms with van der Waals surface area (Å²) in [6.45, 7) is 1.78. The average Bonchev–Trinajstić information content (AvgIpc) is 3.15. The summed E-state index contributed by atoms with van der Waals surface area (Å²) in [5, 5.41) is -0.510. The van der Waals surface area contributed by atoms with E-state index in [4.69, 9.17) is 11.6 Å². The minimum atomic E-state index is -3.45. The number of hydrogen-bond acceptors (Lipinski definition) is 3.